The van der Waals surface area contributed by atoms with E-state index in [0.29, 0.717) is 10.4 Å². The minimum Gasteiger partial charge on any atom is -0.329 e. The van der Waals surface area contributed by atoms with Gasteiger partial charge in [-0.15, -0.1) is 0 Å². The summed E-state index contributed by atoms with van der Waals surface area (Å²) in [5.41, 5.74) is 2.20. The maximum absolute atomic E-state index is 5.95. The third-order valence-corrected chi connectivity index (χ3v) is 4.46. The number of H-pyrrole nitrogens is 1. The SMILES string of the molecule is CC1(Cn2c(=S)[nH]c3cc(Cl)cnc32)CCCC1. The number of fused-ring (bicyclic) bond motifs is 1. The first-order valence-electron chi connectivity index (χ1n) is 6.32. The Labute approximate surface area is 116 Å². The molecule has 0 atom stereocenters. The van der Waals surface area contributed by atoms with Crippen molar-refractivity contribution in [1.29, 1.82) is 0 Å². The molecule has 2 heterocycles. The maximum Gasteiger partial charge on any atom is 0.179 e. The highest BCUT2D eigenvalue weighted by Crippen LogP contribution is 2.39. The van der Waals surface area contributed by atoms with E-state index in [-0.39, 0.29) is 0 Å². The summed E-state index contributed by atoms with van der Waals surface area (Å²) in [5.74, 6) is 0. The monoisotopic (exact) mass is 281 g/mol. The summed E-state index contributed by atoms with van der Waals surface area (Å²) in [7, 11) is 0. The lowest BCUT2D eigenvalue weighted by Crippen LogP contribution is -2.19. The van der Waals surface area contributed by atoms with E-state index in [9.17, 15) is 0 Å². The molecule has 3 rings (SSSR count). The topological polar surface area (TPSA) is 33.6 Å². The molecule has 3 nitrogen and oxygen atoms in total. The zero-order valence-electron chi connectivity index (χ0n) is 10.4. The molecule has 2 aromatic rings. The first kappa shape index (κ1) is 12.2. The first-order valence-corrected chi connectivity index (χ1v) is 7.10. The van der Waals surface area contributed by atoms with Gasteiger partial charge in [-0.05, 0) is 36.5 Å². The van der Waals surface area contributed by atoms with Crippen LogP contribution in [0.4, 0.5) is 0 Å². The van der Waals surface area contributed by atoms with Crippen LogP contribution < -0.4 is 0 Å². The number of aromatic amines is 1. The second-order valence-electron chi connectivity index (χ2n) is 5.56. The Morgan fingerprint density at radius 3 is 2.94 bits per heavy atom. The van der Waals surface area contributed by atoms with Crippen molar-refractivity contribution in [3.63, 3.8) is 0 Å². The summed E-state index contributed by atoms with van der Waals surface area (Å²) in [5, 5.41) is 0.637. The number of nitrogens with one attached hydrogen (secondary N) is 1. The van der Waals surface area contributed by atoms with Crippen molar-refractivity contribution < 1.29 is 0 Å². The van der Waals surface area contributed by atoms with E-state index >= 15 is 0 Å². The van der Waals surface area contributed by atoms with Crippen LogP contribution in [0.15, 0.2) is 12.3 Å². The molecule has 0 aliphatic heterocycles. The van der Waals surface area contributed by atoms with Crippen molar-refractivity contribution in [3.05, 3.63) is 22.1 Å². The predicted molar refractivity (Wildman–Crippen MR) is 76.5 cm³/mol. The second-order valence-corrected chi connectivity index (χ2v) is 6.38. The van der Waals surface area contributed by atoms with E-state index in [0.717, 1.165) is 22.5 Å². The highest BCUT2D eigenvalue weighted by atomic mass is 35.5. The summed E-state index contributed by atoms with van der Waals surface area (Å²) in [6, 6.07) is 1.88. The Bertz CT molecular complexity index is 637. The lowest BCUT2D eigenvalue weighted by atomic mass is 9.89. The maximum atomic E-state index is 5.95. The molecule has 1 aliphatic carbocycles. The van der Waals surface area contributed by atoms with E-state index in [4.69, 9.17) is 23.8 Å². The molecule has 0 amide bonds. The fourth-order valence-corrected chi connectivity index (χ4v) is 3.35. The van der Waals surface area contributed by atoms with Crippen molar-refractivity contribution >= 4 is 35.0 Å². The van der Waals surface area contributed by atoms with Gasteiger partial charge in [-0.1, -0.05) is 31.4 Å². The third kappa shape index (κ3) is 2.08. The molecule has 1 fully saturated rings. The van der Waals surface area contributed by atoms with Gasteiger partial charge in [0, 0.05) is 12.7 Å². The van der Waals surface area contributed by atoms with E-state index in [2.05, 4.69) is 21.5 Å². The molecular weight excluding hydrogens is 266 g/mol. The van der Waals surface area contributed by atoms with Crippen molar-refractivity contribution in [2.24, 2.45) is 5.41 Å². The lowest BCUT2D eigenvalue weighted by Gasteiger charge is -2.23. The van der Waals surface area contributed by atoms with Crippen LogP contribution in [0.3, 0.4) is 0 Å². The van der Waals surface area contributed by atoms with Gasteiger partial charge in [-0.2, -0.15) is 0 Å². The highest BCUT2D eigenvalue weighted by molar-refractivity contribution is 7.71. The number of pyridine rings is 1. The van der Waals surface area contributed by atoms with Crippen LogP contribution in [0.2, 0.25) is 5.02 Å². The number of aromatic nitrogens is 3. The summed E-state index contributed by atoms with van der Waals surface area (Å²) in [6.07, 6.45) is 6.88. The molecule has 0 unspecified atom stereocenters. The molecule has 2 aromatic heterocycles. The number of imidazole rings is 1. The van der Waals surface area contributed by atoms with Gasteiger partial charge in [-0.3, -0.25) is 0 Å². The molecule has 18 heavy (non-hydrogen) atoms. The number of rotatable bonds is 2. The molecule has 1 N–H and O–H groups in total. The minimum atomic E-state index is 0.356. The quantitative estimate of drug-likeness (QED) is 0.832. The Morgan fingerprint density at radius 2 is 2.22 bits per heavy atom. The zero-order valence-corrected chi connectivity index (χ0v) is 11.9. The van der Waals surface area contributed by atoms with Gasteiger partial charge in [-0.25, -0.2) is 4.98 Å². The van der Waals surface area contributed by atoms with Crippen LogP contribution in [-0.4, -0.2) is 14.5 Å². The van der Waals surface area contributed by atoms with Gasteiger partial charge < -0.3 is 9.55 Å². The van der Waals surface area contributed by atoms with Crippen LogP contribution >= 0.6 is 23.8 Å². The normalized spacial score (nSPS) is 18.6. The van der Waals surface area contributed by atoms with Crippen LogP contribution in [0.5, 0.6) is 0 Å². The first-order chi connectivity index (χ1) is 8.57. The number of hydrogen-bond donors (Lipinski definition) is 1. The smallest absolute Gasteiger partial charge is 0.179 e. The predicted octanol–water partition coefficient (Wildman–Crippen LogP) is 4.33. The van der Waals surface area contributed by atoms with Crippen molar-refractivity contribution in [2.75, 3.05) is 0 Å². The zero-order chi connectivity index (χ0) is 12.8. The van der Waals surface area contributed by atoms with Gasteiger partial charge in [0.15, 0.2) is 10.4 Å². The minimum absolute atomic E-state index is 0.356. The number of hydrogen-bond acceptors (Lipinski definition) is 2. The van der Waals surface area contributed by atoms with Gasteiger partial charge in [0.05, 0.1) is 10.5 Å². The van der Waals surface area contributed by atoms with Gasteiger partial charge in [0.1, 0.15) is 0 Å². The highest BCUT2D eigenvalue weighted by Gasteiger charge is 2.29. The van der Waals surface area contributed by atoms with Crippen LogP contribution in [0.1, 0.15) is 32.6 Å². The van der Waals surface area contributed by atoms with Crippen molar-refractivity contribution in [1.82, 2.24) is 14.5 Å². The molecule has 5 heteroatoms. The molecule has 0 aromatic carbocycles. The van der Waals surface area contributed by atoms with Crippen molar-refractivity contribution in [2.45, 2.75) is 39.2 Å². The van der Waals surface area contributed by atoms with E-state index in [1.165, 1.54) is 25.7 Å². The summed E-state index contributed by atoms with van der Waals surface area (Å²) in [6.45, 7) is 3.29. The molecular formula is C13H16ClN3S. The van der Waals surface area contributed by atoms with Gasteiger partial charge in [0.25, 0.3) is 0 Å². The fraction of sp³-hybridized carbons (Fsp3) is 0.538. The Hall–Kier alpha value is -0.870. The molecule has 96 valence electrons. The Kier molecular flexibility index (Phi) is 2.94. The summed E-state index contributed by atoms with van der Waals surface area (Å²) >= 11 is 11.4. The van der Waals surface area contributed by atoms with Crippen LogP contribution in [0.25, 0.3) is 11.2 Å². The second kappa shape index (κ2) is 4.35. The van der Waals surface area contributed by atoms with Crippen molar-refractivity contribution in [3.8, 4) is 0 Å². The molecule has 0 radical (unpaired) electrons. The average molecular weight is 282 g/mol. The van der Waals surface area contributed by atoms with Crippen LogP contribution in [0, 0.1) is 10.2 Å². The summed E-state index contributed by atoms with van der Waals surface area (Å²) < 4.78 is 2.86. The standard InChI is InChI=1S/C13H16ClN3S/c1-13(4-2-3-5-13)8-17-11-10(16-12(17)18)6-9(14)7-15-11/h6-7H,2-5,8H2,1H3,(H,16,18). The fourth-order valence-electron chi connectivity index (χ4n) is 2.93. The van der Waals surface area contributed by atoms with Crippen LogP contribution in [-0.2, 0) is 6.54 Å². The van der Waals surface area contributed by atoms with Gasteiger partial charge >= 0.3 is 0 Å². The Morgan fingerprint density at radius 1 is 1.50 bits per heavy atom. The molecule has 0 spiro atoms. The lowest BCUT2D eigenvalue weighted by molar-refractivity contribution is 0.283. The Balaban J connectivity index is 2.06. The molecule has 1 aliphatic rings. The summed E-state index contributed by atoms with van der Waals surface area (Å²) in [4.78, 5) is 7.60. The molecule has 0 bridgehead atoms. The van der Waals surface area contributed by atoms with Gasteiger partial charge in [0.2, 0.25) is 0 Å². The number of nitrogens with zero attached hydrogens (tertiary/aromatic N) is 2. The van der Waals surface area contributed by atoms with E-state index in [1.54, 1.807) is 6.20 Å². The molecule has 0 saturated heterocycles. The third-order valence-electron chi connectivity index (χ3n) is 3.93. The van der Waals surface area contributed by atoms with E-state index in [1.807, 2.05) is 6.07 Å². The van der Waals surface area contributed by atoms with E-state index < -0.39 is 0 Å². The number of halogens is 1. The average Bonchev–Trinajstić information content (AvgIpc) is 2.85. The largest absolute Gasteiger partial charge is 0.329 e. The molecule has 1 saturated carbocycles.